The second-order valence-corrected chi connectivity index (χ2v) is 6.04. The topological polar surface area (TPSA) is 83.0 Å². The first-order chi connectivity index (χ1) is 11.5. The van der Waals surface area contributed by atoms with Crippen molar-refractivity contribution in [1.82, 2.24) is 15.5 Å². The summed E-state index contributed by atoms with van der Waals surface area (Å²) in [4.78, 5) is 38.2. The molecule has 0 bridgehead atoms. The average molecular weight is 333 g/mol. The minimum Gasteiger partial charge on any atom is -0.334 e. The zero-order valence-electron chi connectivity index (χ0n) is 14.2. The summed E-state index contributed by atoms with van der Waals surface area (Å²) >= 11 is 0. The smallest absolute Gasteiger partial charge is 0.321 e. The molecule has 1 saturated heterocycles. The summed E-state index contributed by atoms with van der Waals surface area (Å²) in [5.41, 5.74) is 0.971. The van der Waals surface area contributed by atoms with Gasteiger partial charge in [0, 0.05) is 13.5 Å². The van der Waals surface area contributed by atoms with Gasteiger partial charge in [-0.05, 0) is 12.5 Å². The molecule has 1 aliphatic rings. The molecule has 7 heteroatoms. The number of quaternary nitrogens is 1. The average Bonchev–Trinajstić information content (AvgIpc) is 2.60. The van der Waals surface area contributed by atoms with E-state index in [0.29, 0.717) is 32.7 Å². The Bertz CT molecular complexity index is 583. The zero-order valence-corrected chi connectivity index (χ0v) is 14.2. The number of piperazine rings is 1. The van der Waals surface area contributed by atoms with E-state index in [1.165, 1.54) is 0 Å². The van der Waals surface area contributed by atoms with Crippen molar-refractivity contribution in [3.05, 3.63) is 35.9 Å². The molecule has 0 aromatic heterocycles. The van der Waals surface area contributed by atoms with Crippen LogP contribution in [0.25, 0.3) is 0 Å². The van der Waals surface area contributed by atoms with Crippen LogP contribution in [0.3, 0.4) is 0 Å². The number of imide groups is 1. The zero-order chi connectivity index (χ0) is 17.5. The molecule has 0 spiro atoms. The van der Waals surface area contributed by atoms with E-state index >= 15 is 0 Å². The summed E-state index contributed by atoms with van der Waals surface area (Å²) in [7, 11) is 0. The Kier molecular flexibility index (Phi) is 6.31. The Balaban J connectivity index is 1.75. The molecule has 24 heavy (non-hydrogen) atoms. The standard InChI is InChI=1S/C17H24N4O3/c1-13(20-8-10-21(11-9-20)14(2)22)16(23)19-17(24)18-12-15-6-4-3-5-7-15/h3-7,13H,8-12H2,1-2H3,(H2,18,19,23,24)/p+1/t13-/m1/s1. The Morgan fingerprint density at radius 2 is 1.79 bits per heavy atom. The third-order valence-electron chi connectivity index (χ3n) is 4.39. The minimum atomic E-state index is -0.488. The molecule has 2 rings (SSSR count). The number of urea groups is 1. The molecule has 3 N–H and O–H groups in total. The molecular formula is C17H25N4O3+. The number of benzene rings is 1. The van der Waals surface area contributed by atoms with E-state index in [9.17, 15) is 14.4 Å². The van der Waals surface area contributed by atoms with E-state index < -0.39 is 6.03 Å². The predicted molar refractivity (Wildman–Crippen MR) is 89.2 cm³/mol. The summed E-state index contributed by atoms with van der Waals surface area (Å²) in [6.45, 7) is 6.43. The maximum atomic E-state index is 12.2. The van der Waals surface area contributed by atoms with Crippen LogP contribution in [-0.2, 0) is 16.1 Å². The molecular weight excluding hydrogens is 308 g/mol. The summed E-state index contributed by atoms with van der Waals surface area (Å²) in [6, 6.07) is 8.69. The lowest BCUT2D eigenvalue weighted by Crippen LogP contribution is -3.19. The third-order valence-corrected chi connectivity index (χ3v) is 4.39. The van der Waals surface area contributed by atoms with Crippen LogP contribution < -0.4 is 15.5 Å². The maximum Gasteiger partial charge on any atom is 0.321 e. The van der Waals surface area contributed by atoms with Gasteiger partial charge in [-0.1, -0.05) is 30.3 Å². The van der Waals surface area contributed by atoms with Crippen LogP contribution in [0.15, 0.2) is 30.3 Å². The van der Waals surface area contributed by atoms with Gasteiger partial charge in [-0.2, -0.15) is 0 Å². The molecule has 0 aliphatic carbocycles. The SMILES string of the molecule is CC(=O)N1CC[NH+]([C@H](C)C(=O)NC(=O)NCc2ccccc2)CC1. The van der Waals surface area contributed by atoms with E-state index in [4.69, 9.17) is 0 Å². The van der Waals surface area contributed by atoms with Crippen molar-refractivity contribution in [1.29, 1.82) is 0 Å². The molecule has 1 aromatic rings. The summed E-state index contributed by atoms with van der Waals surface area (Å²) in [5, 5.41) is 5.07. The number of amides is 4. The monoisotopic (exact) mass is 333 g/mol. The Labute approximate surface area is 142 Å². The van der Waals surface area contributed by atoms with E-state index in [1.54, 1.807) is 18.7 Å². The molecule has 1 fully saturated rings. The highest BCUT2D eigenvalue weighted by Gasteiger charge is 2.30. The van der Waals surface area contributed by atoms with E-state index in [0.717, 1.165) is 10.5 Å². The molecule has 1 heterocycles. The van der Waals surface area contributed by atoms with Crippen molar-refractivity contribution in [3.8, 4) is 0 Å². The number of nitrogens with one attached hydrogen (secondary N) is 3. The van der Waals surface area contributed by atoms with Crippen LogP contribution in [0.2, 0.25) is 0 Å². The highest BCUT2D eigenvalue weighted by molar-refractivity contribution is 5.96. The van der Waals surface area contributed by atoms with E-state index in [2.05, 4.69) is 10.6 Å². The van der Waals surface area contributed by atoms with Crippen molar-refractivity contribution in [2.24, 2.45) is 0 Å². The largest absolute Gasteiger partial charge is 0.334 e. The molecule has 4 amide bonds. The number of hydrogen-bond donors (Lipinski definition) is 3. The molecule has 130 valence electrons. The lowest BCUT2D eigenvalue weighted by atomic mass is 10.2. The lowest BCUT2D eigenvalue weighted by molar-refractivity contribution is -0.917. The van der Waals surface area contributed by atoms with Crippen LogP contribution in [0.5, 0.6) is 0 Å². The second kappa shape index (κ2) is 8.44. The summed E-state index contributed by atoms with van der Waals surface area (Å²) < 4.78 is 0. The fourth-order valence-electron chi connectivity index (χ4n) is 2.77. The Morgan fingerprint density at radius 3 is 2.38 bits per heavy atom. The van der Waals surface area contributed by atoms with E-state index in [1.807, 2.05) is 30.3 Å². The molecule has 0 unspecified atom stereocenters. The van der Waals surface area contributed by atoms with E-state index in [-0.39, 0.29) is 17.9 Å². The normalized spacial score (nSPS) is 16.3. The van der Waals surface area contributed by atoms with Gasteiger partial charge in [0.15, 0.2) is 6.04 Å². The number of carbonyl (C=O) groups is 3. The van der Waals surface area contributed by atoms with Gasteiger partial charge in [0.1, 0.15) is 0 Å². The highest BCUT2D eigenvalue weighted by atomic mass is 16.2. The van der Waals surface area contributed by atoms with Crippen LogP contribution in [0.4, 0.5) is 4.79 Å². The first-order valence-electron chi connectivity index (χ1n) is 8.20. The number of carbonyl (C=O) groups excluding carboxylic acids is 3. The number of hydrogen-bond acceptors (Lipinski definition) is 3. The van der Waals surface area contributed by atoms with Crippen molar-refractivity contribution in [3.63, 3.8) is 0 Å². The highest BCUT2D eigenvalue weighted by Crippen LogP contribution is 1.97. The lowest BCUT2D eigenvalue weighted by Gasteiger charge is -2.34. The van der Waals surface area contributed by atoms with Crippen LogP contribution >= 0.6 is 0 Å². The summed E-state index contributed by atoms with van der Waals surface area (Å²) in [6.07, 6.45) is 0. The minimum absolute atomic E-state index is 0.0615. The third kappa shape index (κ3) is 5.06. The fourth-order valence-corrected chi connectivity index (χ4v) is 2.77. The molecule has 1 aliphatic heterocycles. The van der Waals surface area contributed by atoms with Gasteiger partial charge in [0.25, 0.3) is 5.91 Å². The maximum absolute atomic E-state index is 12.2. The predicted octanol–water partition coefficient (Wildman–Crippen LogP) is -0.852. The van der Waals surface area contributed by atoms with Gasteiger partial charge in [0.2, 0.25) is 5.91 Å². The first kappa shape index (κ1) is 17.9. The molecule has 0 saturated carbocycles. The molecule has 0 radical (unpaired) electrons. The van der Waals surface area contributed by atoms with Crippen LogP contribution in [0.1, 0.15) is 19.4 Å². The molecule has 1 aromatic carbocycles. The van der Waals surface area contributed by atoms with Gasteiger partial charge in [-0.15, -0.1) is 0 Å². The van der Waals surface area contributed by atoms with Gasteiger partial charge in [-0.3, -0.25) is 14.9 Å². The van der Waals surface area contributed by atoms with Gasteiger partial charge < -0.3 is 15.1 Å². The molecule has 7 nitrogen and oxygen atoms in total. The Hall–Kier alpha value is -2.41. The number of nitrogens with zero attached hydrogens (tertiary/aromatic N) is 1. The van der Waals surface area contributed by atoms with Crippen LogP contribution in [0, 0.1) is 0 Å². The van der Waals surface area contributed by atoms with Gasteiger partial charge >= 0.3 is 6.03 Å². The summed E-state index contributed by atoms with van der Waals surface area (Å²) in [5.74, 6) is -0.238. The van der Waals surface area contributed by atoms with Crippen molar-refractivity contribution < 1.29 is 19.3 Å². The van der Waals surface area contributed by atoms with Crippen molar-refractivity contribution in [2.75, 3.05) is 26.2 Å². The van der Waals surface area contributed by atoms with Crippen molar-refractivity contribution in [2.45, 2.75) is 26.4 Å². The quantitative estimate of drug-likeness (QED) is 0.671. The fraction of sp³-hybridized carbons (Fsp3) is 0.471. The molecule has 1 atom stereocenters. The van der Waals surface area contributed by atoms with Crippen LogP contribution in [-0.4, -0.2) is 55.0 Å². The number of rotatable bonds is 4. The first-order valence-corrected chi connectivity index (χ1v) is 8.20. The Morgan fingerprint density at radius 1 is 1.17 bits per heavy atom. The van der Waals surface area contributed by atoms with Gasteiger partial charge in [-0.25, -0.2) is 4.79 Å². The van der Waals surface area contributed by atoms with Gasteiger partial charge in [0.05, 0.1) is 26.2 Å². The van der Waals surface area contributed by atoms with Crippen molar-refractivity contribution >= 4 is 17.8 Å². The second-order valence-electron chi connectivity index (χ2n) is 6.04.